The van der Waals surface area contributed by atoms with E-state index in [1.807, 2.05) is 24.0 Å². The number of rotatable bonds is 5. The van der Waals surface area contributed by atoms with Crippen molar-refractivity contribution in [3.8, 4) is 0 Å². The molecule has 0 aliphatic heterocycles. The van der Waals surface area contributed by atoms with Gasteiger partial charge in [0.2, 0.25) is 5.91 Å². The second kappa shape index (κ2) is 4.70. The minimum Gasteiger partial charge on any atom is -0.467 e. The van der Waals surface area contributed by atoms with Gasteiger partial charge >= 0.3 is 0 Å². The zero-order chi connectivity index (χ0) is 11.5. The van der Waals surface area contributed by atoms with Crippen LogP contribution in [-0.4, -0.2) is 22.9 Å². The molecule has 1 aliphatic rings. The lowest BCUT2D eigenvalue weighted by Crippen LogP contribution is -2.44. The van der Waals surface area contributed by atoms with Crippen LogP contribution in [0.3, 0.4) is 0 Å². The number of amides is 1. The van der Waals surface area contributed by atoms with Gasteiger partial charge < -0.3 is 15.1 Å². The molecule has 1 aliphatic carbocycles. The maximum absolute atomic E-state index is 12.0. The first-order valence-corrected chi connectivity index (χ1v) is 5.80. The first kappa shape index (κ1) is 11.2. The van der Waals surface area contributed by atoms with Crippen molar-refractivity contribution < 1.29 is 9.21 Å². The van der Waals surface area contributed by atoms with Gasteiger partial charge in [-0.1, -0.05) is 6.92 Å². The summed E-state index contributed by atoms with van der Waals surface area (Å²) in [6.07, 6.45) is 4.48. The van der Waals surface area contributed by atoms with E-state index in [9.17, 15) is 4.79 Å². The molecule has 1 aromatic heterocycles. The predicted octanol–water partition coefficient (Wildman–Crippen LogP) is 1.51. The molecular formula is C12H18N2O2. The van der Waals surface area contributed by atoms with Gasteiger partial charge in [-0.05, 0) is 31.4 Å². The summed E-state index contributed by atoms with van der Waals surface area (Å²) < 4.78 is 5.27. The lowest BCUT2D eigenvalue weighted by atomic mass is 10.2. The molecular weight excluding hydrogens is 204 g/mol. The molecule has 1 atom stereocenters. The van der Waals surface area contributed by atoms with Gasteiger partial charge in [0, 0.05) is 6.04 Å². The molecule has 1 heterocycles. The second-order valence-electron chi connectivity index (χ2n) is 4.29. The third-order valence-electron chi connectivity index (χ3n) is 2.93. The Balaban J connectivity index is 2.02. The Hall–Kier alpha value is -1.29. The minimum absolute atomic E-state index is 0.0430. The van der Waals surface area contributed by atoms with Crippen LogP contribution in [0.1, 0.15) is 31.9 Å². The van der Waals surface area contributed by atoms with Crippen LogP contribution in [0.2, 0.25) is 0 Å². The Morgan fingerprint density at radius 3 is 2.94 bits per heavy atom. The highest BCUT2D eigenvalue weighted by Crippen LogP contribution is 2.29. The van der Waals surface area contributed by atoms with E-state index in [0.29, 0.717) is 19.0 Å². The molecule has 2 rings (SSSR count). The average Bonchev–Trinajstić information content (AvgIpc) is 3.01. The lowest BCUT2D eigenvalue weighted by molar-refractivity contribution is -0.134. The van der Waals surface area contributed by atoms with Crippen LogP contribution in [0.4, 0.5) is 0 Å². The Morgan fingerprint density at radius 1 is 1.69 bits per heavy atom. The molecule has 0 spiro atoms. The zero-order valence-corrected chi connectivity index (χ0v) is 9.56. The van der Waals surface area contributed by atoms with Crippen molar-refractivity contribution in [1.82, 2.24) is 4.90 Å². The Bertz CT molecular complexity index is 344. The molecule has 1 aromatic rings. The topological polar surface area (TPSA) is 59.5 Å². The summed E-state index contributed by atoms with van der Waals surface area (Å²) in [6.45, 7) is 2.48. The van der Waals surface area contributed by atoms with E-state index in [1.54, 1.807) is 6.26 Å². The lowest BCUT2D eigenvalue weighted by Gasteiger charge is -2.24. The summed E-state index contributed by atoms with van der Waals surface area (Å²) in [5, 5.41) is 0. The fourth-order valence-electron chi connectivity index (χ4n) is 1.73. The smallest absolute Gasteiger partial charge is 0.240 e. The summed E-state index contributed by atoms with van der Waals surface area (Å²) in [5.74, 6) is 0.866. The number of carbonyl (C=O) groups is 1. The first-order valence-electron chi connectivity index (χ1n) is 5.80. The van der Waals surface area contributed by atoms with Crippen molar-refractivity contribution in [2.75, 3.05) is 0 Å². The Labute approximate surface area is 95.4 Å². The quantitative estimate of drug-likeness (QED) is 0.821. The van der Waals surface area contributed by atoms with Gasteiger partial charge in [0.25, 0.3) is 0 Å². The van der Waals surface area contributed by atoms with Crippen LogP contribution in [0.25, 0.3) is 0 Å². The number of hydrogen-bond donors (Lipinski definition) is 1. The molecule has 4 heteroatoms. The van der Waals surface area contributed by atoms with Gasteiger partial charge in [-0.2, -0.15) is 0 Å². The molecule has 1 amide bonds. The van der Waals surface area contributed by atoms with Crippen LogP contribution in [0.15, 0.2) is 22.8 Å². The molecule has 4 nitrogen and oxygen atoms in total. The maximum atomic E-state index is 12.0. The molecule has 0 bridgehead atoms. The van der Waals surface area contributed by atoms with Crippen molar-refractivity contribution in [1.29, 1.82) is 0 Å². The molecule has 16 heavy (non-hydrogen) atoms. The van der Waals surface area contributed by atoms with Gasteiger partial charge in [-0.3, -0.25) is 4.79 Å². The van der Waals surface area contributed by atoms with Crippen LogP contribution < -0.4 is 5.73 Å². The summed E-state index contributed by atoms with van der Waals surface area (Å²) in [7, 11) is 0. The molecule has 0 aromatic carbocycles. The molecule has 2 N–H and O–H groups in total. The van der Waals surface area contributed by atoms with Gasteiger partial charge in [0.15, 0.2) is 0 Å². The van der Waals surface area contributed by atoms with Gasteiger partial charge in [0.05, 0.1) is 18.8 Å². The highest BCUT2D eigenvalue weighted by Gasteiger charge is 2.34. The van der Waals surface area contributed by atoms with Gasteiger partial charge in [-0.25, -0.2) is 0 Å². The van der Waals surface area contributed by atoms with Gasteiger partial charge in [0.1, 0.15) is 5.76 Å². The van der Waals surface area contributed by atoms with Crippen LogP contribution in [0.5, 0.6) is 0 Å². The standard InChI is InChI=1S/C12H18N2O2/c1-2-11(13)12(15)14(9-5-6-9)8-10-4-3-7-16-10/h3-4,7,9,11H,2,5-6,8,13H2,1H3/t11-/m0/s1. The normalized spacial score (nSPS) is 17.1. The van der Waals surface area contributed by atoms with Crippen molar-refractivity contribution in [2.45, 2.75) is 44.8 Å². The van der Waals surface area contributed by atoms with Crippen molar-refractivity contribution >= 4 is 5.91 Å². The second-order valence-corrected chi connectivity index (χ2v) is 4.29. The number of carbonyl (C=O) groups excluding carboxylic acids is 1. The minimum atomic E-state index is -0.379. The van der Waals surface area contributed by atoms with E-state index >= 15 is 0 Å². The largest absolute Gasteiger partial charge is 0.467 e. The molecule has 0 radical (unpaired) electrons. The van der Waals surface area contributed by atoms with E-state index in [2.05, 4.69) is 0 Å². The summed E-state index contributed by atoms with van der Waals surface area (Å²) in [4.78, 5) is 13.9. The highest BCUT2D eigenvalue weighted by atomic mass is 16.3. The molecule has 1 saturated carbocycles. The van der Waals surface area contributed by atoms with Crippen LogP contribution in [-0.2, 0) is 11.3 Å². The molecule has 0 unspecified atom stereocenters. The summed E-state index contributed by atoms with van der Waals surface area (Å²) >= 11 is 0. The maximum Gasteiger partial charge on any atom is 0.240 e. The first-order chi connectivity index (χ1) is 7.72. The van der Waals surface area contributed by atoms with Crippen molar-refractivity contribution in [3.05, 3.63) is 24.2 Å². The number of nitrogens with zero attached hydrogens (tertiary/aromatic N) is 1. The zero-order valence-electron chi connectivity index (χ0n) is 9.56. The summed E-state index contributed by atoms with van der Waals surface area (Å²) in [5.41, 5.74) is 5.79. The van der Waals surface area contributed by atoms with Crippen molar-refractivity contribution in [3.63, 3.8) is 0 Å². The van der Waals surface area contributed by atoms with E-state index < -0.39 is 0 Å². The van der Waals surface area contributed by atoms with Gasteiger partial charge in [-0.15, -0.1) is 0 Å². The number of nitrogens with two attached hydrogens (primary N) is 1. The Morgan fingerprint density at radius 2 is 2.44 bits per heavy atom. The number of hydrogen-bond acceptors (Lipinski definition) is 3. The fourth-order valence-corrected chi connectivity index (χ4v) is 1.73. The predicted molar refractivity (Wildman–Crippen MR) is 60.5 cm³/mol. The molecule has 0 saturated heterocycles. The highest BCUT2D eigenvalue weighted by molar-refractivity contribution is 5.82. The summed E-state index contributed by atoms with van der Waals surface area (Å²) in [6, 6.07) is 3.72. The third-order valence-corrected chi connectivity index (χ3v) is 2.93. The van der Waals surface area contributed by atoms with E-state index in [0.717, 1.165) is 18.6 Å². The Kier molecular flexibility index (Phi) is 3.29. The monoisotopic (exact) mass is 222 g/mol. The number of furan rings is 1. The van der Waals surface area contributed by atoms with E-state index in [4.69, 9.17) is 10.2 Å². The average molecular weight is 222 g/mol. The van der Waals surface area contributed by atoms with Crippen molar-refractivity contribution in [2.24, 2.45) is 5.73 Å². The van der Waals surface area contributed by atoms with Crippen LogP contribution in [0, 0.1) is 0 Å². The van der Waals surface area contributed by atoms with E-state index in [-0.39, 0.29) is 11.9 Å². The molecule has 1 fully saturated rings. The molecule has 88 valence electrons. The van der Waals surface area contributed by atoms with Crippen LogP contribution >= 0.6 is 0 Å². The SMILES string of the molecule is CC[C@H](N)C(=O)N(Cc1ccco1)C1CC1. The fraction of sp³-hybridized carbons (Fsp3) is 0.583. The third kappa shape index (κ3) is 2.44. The van der Waals surface area contributed by atoms with E-state index in [1.165, 1.54) is 0 Å².